The predicted molar refractivity (Wildman–Crippen MR) is 47.9 cm³/mol. The van der Waals surface area contributed by atoms with Crippen molar-refractivity contribution in [1.29, 1.82) is 0 Å². The number of anilines is 1. The van der Waals surface area contributed by atoms with Crippen molar-refractivity contribution in [3.63, 3.8) is 0 Å². The Hall–Kier alpha value is -1.16. The quantitative estimate of drug-likeness (QED) is 0.694. The third-order valence-corrected chi connectivity index (χ3v) is 1.36. The summed E-state index contributed by atoms with van der Waals surface area (Å²) in [7, 11) is 4.05. The highest BCUT2D eigenvalue weighted by Gasteiger charge is 1.92. The van der Waals surface area contributed by atoms with E-state index in [1.807, 2.05) is 14.1 Å². The highest BCUT2D eigenvalue weighted by Crippen LogP contribution is 1.91. The molecular formula is C8H13N4. The van der Waals surface area contributed by atoms with Crippen molar-refractivity contribution >= 4 is 5.95 Å². The van der Waals surface area contributed by atoms with E-state index in [-0.39, 0.29) is 0 Å². The summed E-state index contributed by atoms with van der Waals surface area (Å²) in [5.41, 5.74) is 0. The molecule has 0 saturated carbocycles. The summed E-state index contributed by atoms with van der Waals surface area (Å²) in [6.45, 7) is 1.82. The van der Waals surface area contributed by atoms with Gasteiger partial charge in [-0.15, -0.1) is 0 Å². The largest absolute Gasteiger partial charge is 0.353 e. The van der Waals surface area contributed by atoms with Gasteiger partial charge in [0.2, 0.25) is 5.95 Å². The van der Waals surface area contributed by atoms with Crippen LogP contribution in [0.1, 0.15) is 0 Å². The molecule has 1 rings (SSSR count). The average Bonchev–Trinajstić information content (AvgIpc) is 2.05. The van der Waals surface area contributed by atoms with Crippen LogP contribution in [0.2, 0.25) is 0 Å². The third-order valence-electron chi connectivity index (χ3n) is 1.36. The Kier molecular flexibility index (Phi) is 3.47. The van der Waals surface area contributed by atoms with E-state index in [9.17, 15) is 0 Å². The molecule has 1 aromatic heterocycles. The first-order chi connectivity index (χ1) is 5.79. The Labute approximate surface area is 72.6 Å². The van der Waals surface area contributed by atoms with Gasteiger partial charge in [0, 0.05) is 19.3 Å². The monoisotopic (exact) mass is 165 g/mol. The maximum absolute atomic E-state index is 4.00. The van der Waals surface area contributed by atoms with Crippen molar-refractivity contribution in [2.45, 2.75) is 0 Å². The molecule has 1 N–H and O–H groups in total. The summed E-state index contributed by atoms with van der Waals surface area (Å²) >= 11 is 0. The third kappa shape index (κ3) is 3.30. The highest BCUT2D eigenvalue weighted by molar-refractivity contribution is 5.21. The van der Waals surface area contributed by atoms with Crippen molar-refractivity contribution in [3.05, 3.63) is 18.5 Å². The van der Waals surface area contributed by atoms with Crippen LogP contribution in [0, 0.1) is 6.20 Å². The molecule has 0 amide bonds. The molecule has 1 heterocycles. The standard InChI is InChI=1S/C8H13N4/c1-12(2)7-6-11-8-9-4-3-5-10-8/h3-4H,6-7H2,1-2H3,(H,9,10,11). The molecule has 65 valence electrons. The van der Waals surface area contributed by atoms with Crippen LogP contribution in [0.25, 0.3) is 0 Å². The zero-order valence-corrected chi connectivity index (χ0v) is 7.41. The van der Waals surface area contributed by atoms with Gasteiger partial charge in [0.05, 0.1) is 6.20 Å². The van der Waals surface area contributed by atoms with Crippen molar-refractivity contribution in [2.75, 3.05) is 32.5 Å². The fraction of sp³-hybridized carbons (Fsp3) is 0.500. The second-order valence-electron chi connectivity index (χ2n) is 2.74. The van der Waals surface area contributed by atoms with E-state index >= 15 is 0 Å². The molecule has 0 fully saturated rings. The lowest BCUT2D eigenvalue weighted by Gasteiger charge is -2.09. The number of nitrogens with zero attached hydrogens (tertiary/aromatic N) is 3. The first-order valence-electron chi connectivity index (χ1n) is 3.87. The Morgan fingerprint density at radius 1 is 1.58 bits per heavy atom. The molecule has 0 aliphatic carbocycles. The lowest BCUT2D eigenvalue weighted by Crippen LogP contribution is -2.21. The highest BCUT2D eigenvalue weighted by atomic mass is 15.1. The van der Waals surface area contributed by atoms with E-state index < -0.39 is 0 Å². The molecule has 0 aliphatic heterocycles. The van der Waals surface area contributed by atoms with Crippen molar-refractivity contribution < 1.29 is 0 Å². The van der Waals surface area contributed by atoms with Crippen LogP contribution in [-0.4, -0.2) is 42.1 Å². The fourth-order valence-corrected chi connectivity index (χ4v) is 0.745. The first kappa shape index (κ1) is 8.93. The second-order valence-corrected chi connectivity index (χ2v) is 2.74. The number of rotatable bonds is 4. The van der Waals surface area contributed by atoms with Crippen LogP contribution in [0.3, 0.4) is 0 Å². The summed E-state index contributed by atoms with van der Waals surface area (Å²) in [6.07, 6.45) is 4.38. The van der Waals surface area contributed by atoms with E-state index in [1.165, 1.54) is 0 Å². The Balaban J connectivity index is 2.25. The van der Waals surface area contributed by atoms with Gasteiger partial charge in [0.15, 0.2) is 0 Å². The van der Waals surface area contributed by atoms with Gasteiger partial charge in [-0.25, -0.2) is 9.97 Å². The summed E-state index contributed by atoms with van der Waals surface area (Å²) in [5, 5.41) is 3.08. The molecule has 1 radical (unpaired) electrons. The molecule has 0 bridgehead atoms. The second kappa shape index (κ2) is 4.66. The summed E-state index contributed by atoms with van der Waals surface area (Å²) in [5.74, 6) is 0.638. The zero-order chi connectivity index (χ0) is 8.81. The van der Waals surface area contributed by atoms with Gasteiger partial charge in [0.25, 0.3) is 0 Å². The molecule has 0 saturated heterocycles. The molecule has 0 unspecified atom stereocenters. The van der Waals surface area contributed by atoms with Gasteiger partial charge in [-0.3, -0.25) is 0 Å². The zero-order valence-electron chi connectivity index (χ0n) is 7.41. The van der Waals surface area contributed by atoms with Crippen molar-refractivity contribution in [2.24, 2.45) is 0 Å². The average molecular weight is 165 g/mol. The van der Waals surface area contributed by atoms with Gasteiger partial charge in [0.1, 0.15) is 0 Å². The number of hydrogen-bond donors (Lipinski definition) is 1. The normalized spacial score (nSPS) is 10.2. The molecule has 12 heavy (non-hydrogen) atoms. The lowest BCUT2D eigenvalue weighted by atomic mass is 10.6. The number of aromatic nitrogens is 2. The predicted octanol–water partition coefficient (Wildman–Crippen LogP) is 0.250. The maximum atomic E-state index is 4.00. The van der Waals surface area contributed by atoms with E-state index in [0.717, 1.165) is 13.1 Å². The van der Waals surface area contributed by atoms with Gasteiger partial charge in [-0.05, 0) is 20.2 Å². The first-order valence-corrected chi connectivity index (χ1v) is 3.87. The Morgan fingerprint density at radius 3 is 3.00 bits per heavy atom. The Morgan fingerprint density at radius 2 is 2.42 bits per heavy atom. The maximum Gasteiger partial charge on any atom is 0.223 e. The summed E-state index contributed by atoms with van der Waals surface area (Å²) in [6, 6.07) is 1.68. The van der Waals surface area contributed by atoms with Crippen LogP contribution < -0.4 is 5.32 Å². The summed E-state index contributed by atoms with van der Waals surface area (Å²) in [4.78, 5) is 10.0. The molecule has 1 aromatic rings. The SMILES string of the molecule is CN(C)CCNc1n[c]ccn1. The molecule has 0 spiro atoms. The fourth-order valence-electron chi connectivity index (χ4n) is 0.745. The molecule has 4 nitrogen and oxygen atoms in total. The van der Waals surface area contributed by atoms with Gasteiger partial charge in [-0.1, -0.05) is 0 Å². The van der Waals surface area contributed by atoms with Gasteiger partial charge < -0.3 is 10.2 Å². The smallest absolute Gasteiger partial charge is 0.223 e. The van der Waals surface area contributed by atoms with Crippen LogP contribution in [0.5, 0.6) is 0 Å². The number of likely N-dealkylation sites (N-methyl/N-ethyl adjacent to an activating group) is 1. The minimum atomic E-state index is 0.638. The van der Waals surface area contributed by atoms with Gasteiger partial charge >= 0.3 is 0 Å². The van der Waals surface area contributed by atoms with Crippen LogP contribution in [0.15, 0.2) is 12.3 Å². The van der Waals surface area contributed by atoms with E-state index in [1.54, 1.807) is 12.3 Å². The molecule has 4 heteroatoms. The summed E-state index contributed by atoms with van der Waals surface area (Å²) < 4.78 is 0. The number of nitrogens with one attached hydrogen (secondary N) is 1. The molecule has 0 aliphatic rings. The van der Waals surface area contributed by atoms with Gasteiger partial charge in [-0.2, -0.15) is 0 Å². The van der Waals surface area contributed by atoms with Crippen molar-refractivity contribution in [1.82, 2.24) is 14.9 Å². The number of hydrogen-bond acceptors (Lipinski definition) is 4. The molecule has 0 aromatic carbocycles. The minimum absolute atomic E-state index is 0.638. The lowest BCUT2D eigenvalue weighted by molar-refractivity contribution is 0.425. The Bertz CT molecular complexity index is 210. The van der Waals surface area contributed by atoms with E-state index in [2.05, 4.69) is 26.4 Å². The van der Waals surface area contributed by atoms with Crippen LogP contribution in [-0.2, 0) is 0 Å². The topological polar surface area (TPSA) is 41.0 Å². The minimum Gasteiger partial charge on any atom is -0.353 e. The van der Waals surface area contributed by atoms with Crippen molar-refractivity contribution in [3.8, 4) is 0 Å². The molecular weight excluding hydrogens is 152 g/mol. The van der Waals surface area contributed by atoms with Crippen LogP contribution in [0.4, 0.5) is 5.95 Å². The molecule has 0 atom stereocenters. The van der Waals surface area contributed by atoms with E-state index in [4.69, 9.17) is 0 Å². The van der Waals surface area contributed by atoms with E-state index in [0.29, 0.717) is 5.95 Å². The van der Waals surface area contributed by atoms with Crippen LogP contribution >= 0.6 is 0 Å².